The number of likely N-dealkylation sites (N-methyl/N-ethyl adjacent to an activating group) is 2. The number of thioether (sulfide) groups is 1. The van der Waals surface area contributed by atoms with Crippen LogP contribution in [0.3, 0.4) is 0 Å². The van der Waals surface area contributed by atoms with Gasteiger partial charge in [0.1, 0.15) is 5.03 Å². The summed E-state index contributed by atoms with van der Waals surface area (Å²) in [6.07, 6.45) is 1.23. The summed E-state index contributed by atoms with van der Waals surface area (Å²) in [7, 11) is 3.27. The number of halogens is 4. The zero-order valence-electron chi connectivity index (χ0n) is 10.9. The number of nitrogens with zero attached hydrogens (tertiary/aromatic N) is 2. The Hall–Kier alpha value is -0.990. The number of rotatable bonds is 5. The smallest absolute Gasteiger partial charge is 0.340 e. The van der Waals surface area contributed by atoms with Crippen molar-refractivity contribution in [2.75, 3.05) is 27.2 Å². The maximum Gasteiger partial charge on any atom is 0.447 e. The Kier molecular flexibility index (Phi) is 7.92. The molecule has 0 fully saturated rings. The predicted octanol–water partition coefficient (Wildman–Crippen LogP) is 2.41. The summed E-state index contributed by atoms with van der Waals surface area (Å²) in [6.45, 7) is 0.963. The van der Waals surface area contributed by atoms with Crippen LogP contribution >= 0.6 is 24.2 Å². The van der Waals surface area contributed by atoms with Crippen molar-refractivity contribution < 1.29 is 18.0 Å². The molecular formula is C11H15ClF3N3OS. The Bertz CT molecular complexity index is 445. The van der Waals surface area contributed by atoms with Crippen LogP contribution in [0.4, 0.5) is 13.2 Å². The molecule has 1 aromatic rings. The maximum absolute atomic E-state index is 12.4. The number of hydrogen-bond acceptors (Lipinski definition) is 4. The molecule has 0 bridgehead atoms. The fraction of sp³-hybridized carbons (Fsp3) is 0.455. The number of alkyl halides is 3. The Morgan fingerprint density at radius 1 is 1.50 bits per heavy atom. The molecule has 20 heavy (non-hydrogen) atoms. The second-order valence-corrected chi connectivity index (χ2v) is 4.79. The number of amides is 1. The van der Waals surface area contributed by atoms with Crippen molar-refractivity contribution in [2.24, 2.45) is 0 Å². The minimum Gasteiger partial charge on any atom is -0.340 e. The van der Waals surface area contributed by atoms with Gasteiger partial charge in [0.05, 0.1) is 5.56 Å². The third-order valence-electron chi connectivity index (χ3n) is 2.26. The van der Waals surface area contributed by atoms with Gasteiger partial charge in [0, 0.05) is 38.1 Å². The average molecular weight is 330 g/mol. The molecule has 0 saturated carbocycles. The lowest BCUT2D eigenvalue weighted by molar-refractivity contribution is -0.0329. The minimum absolute atomic E-state index is 0. The molecule has 0 spiro atoms. The summed E-state index contributed by atoms with van der Waals surface area (Å²) < 4.78 is 37.1. The molecule has 0 unspecified atom stereocenters. The van der Waals surface area contributed by atoms with Crippen molar-refractivity contribution in [3.8, 4) is 0 Å². The molecule has 1 heterocycles. The summed E-state index contributed by atoms with van der Waals surface area (Å²) in [4.78, 5) is 17.0. The minimum atomic E-state index is -4.47. The fourth-order valence-corrected chi connectivity index (χ4v) is 1.93. The number of pyridine rings is 1. The maximum atomic E-state index is 12.4. The van der Waals surface area contributed by atoms with Crippen molar-refractivity contribution in [1.29, 1.82) is 0 Å². The number of carbonyl (C=O) groups excluding carboxylic acids is 1. The summed E-state index contributed by atoms with van der Waals surface area (Å²) in [6, 6.07) is 2.79. The Morgan fingerprint density at radius 2 is 2.15 bits per heavy atom. The van der Waals surface area contributed by atoms with Gasteiger partial charge in [0.15, 0.2) is 0 Å². The van der Waals surface area contributed by atoms with Gasteiger partial charge in [0.25, 0.3) is 5.91 Å². The largest absolute Gasteiger partial charge is 0.447 e. The first-order valence-electron chi connectivity index (χ1n) is 5.46. The molecule has 4 nitrogen and oxygen atoms in total. The molecule has 114 valence electrons. The van der Waals surface area contributed by atoms with Crippen LogP contribution < -0.4 is 5.32 Å². The molecule has 0 atom stereocenters. The zero-order chi connectivity index (χ0) is 14.5. The number of carbonyl (C=O) groups is 1. The highest BCUT2D eigenvalue weighted by molar-refractivity contribution is 8.00. The lowest BCUT2D eigenvalue weighted by Gasteiger charge is -2.18. The van der Waals surface area contributed by atoms with Crippen molar-refractivity contribution in [2.45, 2.75) is 10.5 Å². The average Bonchev–Trinajstić information content (AvgIpc) is 2.34. The third-order valence-corrected chi connectivity index (χ3v) is 3.01. The summed E-state index contributed by atoms with van der Waals surface area (Å²) in [5.74, 6) is -0.477. The Morgan fingerprint density at radius 3 is 2.70 bits per heavy atom. The molecule has 1 amide bonds. The fourth-order valence-electron chi connectivity index (χ4n) is 1.33. The summed E-state index contributed by atoms with van der Waals surface area (Å²) >= 11 is -0.377. The molecule has 1 N–H and O–H groups in total. The van der Waals surface area contributed by atoms with Crippen LogP contribution in [0.1, 0.15) is 10.4 Å². The van der Waals surface area contributed by atoms with Crippen LogP contribution in [0.15, 0.2) is 23.4 Å². The van der Waals surface area contributed by atoms with Gasteiger partial charge in [-0.25, -0.2) is 4.98 Å². The standard InChI is InChI=1S/C11H14F3N3OS.ClH/c1-15-6-7-17(2)10(18)8-4-3-5-16-9(8)19-11(12,13)14;/h3-5,15H,6-7H2,1-2H3;1H. The lowest BCUT2D eigenvalue weighted by atomic mass is 10.2. The highest BCUT2D eigenvalue weighted by Gasteiger charge is 2.32. The van der Waals surface area contributed by atoms with Gasteiger partial charge in [-0.15, -0.1) is 12.4 Å². The lowest BCUT2D eigenvalue weighted by Crippen LogP contribution is -2.33. The van der Waals surface area contributed by atoms with E-state index in [-0.39, 0.29) is 34.8 Å². The zero-order valence-corrected chi connectivity index (χ0v) is 12.5. The van der Waals surface area contributed by atoms with Crippen molar-refractivity contribution in [1.82, 2.24) is 15.2 Å². The summed E-state index contributed by atoms with van der Waals surface area (Å²) in [5, 5.41) is 2.54. The van der Waals surface area contributed by atoms with Gasteiger partial charge in [-0.1, -0.05) is 0 Å². The van der Waals surface area contributed by atoms with Crippen LogP contribution in [-0.2, 0) is 0 Å². The van der Waals surface area contributed by atoms with Crippen LogP contribution in [0.2, 0.25) is 0 Å². The second kappa shape index (κ2) is 8.33. The molecule has 0 aliphatic carbocycles. The predicted molar refractivity (Wildman–Crippen MR) is 74.3 cm³/mol. The van der Waals surface area contributed by atoms with Crippen LogP contribution in [0, 0.1) is 0 Å². The van der Waals surface area contributed by atoms with Gasteiger partial charge < -0.3 is 10.2 Å². The van der Waals surface area contributed by atoms with Crippen molar-refractivity contribution >= 4 is 30.1 Å². The van der Waals surface area contributed by atoms with E-state index in [0.717, 1.165) is 0 Å². The van der Waals surface area contributed by atoms with E-state index in [0.29, 0.717) is 13.1 Å². The van der Waals surface area contributed by atoms with E-state index < -0.39 is 11.4 Å². The first-order valence-corrected chi connectivity index (χ1v) is 6.27. The van der Waals surface area contributed by atoms with E-state index in [2.05, 4.69) is 10.3 Å². The van der Waals surface area contributed by atoms with E-state index in [9.17, 15) is 18.0 Å². The number of nitrogens with one attached hydrogen (secondary N) is 1. The van der Waals surface area contributed by atoms with Crippen LogP contribution in [0.25, 0.3) is 0 Å². The first kappa shape index (κ1) is 19.0. The molecule has 0 aliphatic rings. The van der Waals surface area contributed by atoms with E-state index in [1.54, 1.807) is 7.05 Å². The van der Waals surface area contributed by atoms with Crippen molar-refractivity contribution in [3.05, 3.63) is 23.9 Å². The quantitative estimate of drug-likeness (QED) is 0.843. The van der Waals surface area contributed by atoms with E-state index in [4.69, 9.17) is 0 Å². The Labute approximate surface area is 125 Å². The molecule has 0 aromatic carbocycles. The Balaban J connectivity index is 0.00000361. The van der Waals surface area contributed by atoms with Gasteiger partial charge in [-0.05, 0) is 19.2 Å². The molecule has 0 aliphatic heterocycles. The van der Waals surface area contributed by atoms with Gasteiger partial charge in [-0.3, -0.25) is 4.79 Å². The van der Waals surface area contributed by atoms with Crippen LogP contribution in [-0.4, -0.2) is 48.5 Å². The second-order valence-electron chi connectivity index (χ2n) is 3.73. The molecule has 1 aromatic heterocycles. The molecule has 9 heteroatoms. The van der Waals surface area contributed by atoms with Crippen molar-refractivity contribution in [3.63, 3.8) is 0 Å². The topological polar surface area (TPSA) is 45.2 Å². The van der Waals surface area contributed by atoms with E-state index >= 15 is 0 Å². The highest BCUT2D eigenvalue weighted by atomic mass is 35.5. The first-order chi connectivity index (χ1) is 8.85. The SMILES string of the molecule is CNCCN(C)C(=O)c1cccnc1SC(F)(F)F.Cl. The van der Waals surface area contributed by atoms with Gasteiger partial charge >= 0.3 is 5.51 Å². The number of aromatic nitrogens is 1. The number of hydrogen-bond donors (Lipinski definition) is 1. The highest BCUT2D eigenvalue weighted by Crippen LogP contribution is 2.37. The van der Waals surface area contributed by atoms with Gasteiger partial charge in [0.2, 0.25) is 0 Å². The molecular weight excluding hydrogens is 315 g/mol. The van der Waals surface area contributed by atoms with E-state index in [1.165, 1.54) is 30.3 Å². The van der Waals surface area contributed by atoms with Gasteiger partial charge in [-0.2, -0.15) is 13.2 Å². The van der Waals surface area contributed by atoms with Crippen LogP contribution in [0.5, 0.6) is 0 Å². The third kappa shape index (κ3) is 5.98. The molecule has 0 saturated heterocycles. The monoisotopic (exact) mass is 329 g/mol. The normalized spacial score (nSPS) is 10.8. The molecule has 1 rings (SSSR count). The summed E-state index contributed by atoms with van der Waals surface area (Å²) in [5.41, 5.74) is -4.50. The van der Waals surface area contributed by atoms with E-state index in [1.807, 2.05) is 0 Å². The molecule has 0 radical (unpaired) electrons.